The lowest BCUT2D eigenvalue weighted by atomic mass is 10.0. The van der Waals surface area contributed by atoms with Crippen molar-refractivity contribution in [2.24, 2.45) is 5.92 Å². The fourth-order valence-electron chi connectivity index (χ4n) is 3.66. The number of amides is 1. The molecular weight excluding hydrogens is 332 g/mol. The van der Waals surface area contributed by atoms with Crippen LogP contribution in [0, 0.1) is 5.92 Å². The highest BCUT2D eigenvalue weighted by Crippen LogP contribution is 2.21. The average molecular weight is 362 g/mol. The molecule has 7 nitrogen and oxygen atoms in total. The van der Waals surface area contributed by atoms with E-state index in [1.54, 1.807) is 6.20 Å². The van der Waals surface area contributed by atoms with Gasteiger partial charge in [-0.15, -0.1) is 0 Å². The molecule has 2 fully saturated rings. The molecule has 26 heavy (non-hydrogen) atoms. The first-order valence-corrected chi connectivity index (χ1v) is 9.43. The minimum atomic E-state index is -0.00164. The first-order chi connectivity index (χ1) is 12.6. The number of nitrogens with zero attached hydrogens (tertiary/aromatic N) is 4. The number of carbonyl (C=O) groups is 1. The Hall–Kier alpha value is -1.70. The third-order valence-corrected chi connectivity index (χ3v) is 5.42. The third kappa shape index (κ3) is 4.52. The average Bonchev–Trinajstić information content (AvgIpc) is 2.91. The Labute approximate surface area is 155 Å². The number of aliphatic hydroxyl groups is 1. The van der Waals surface area contributed by atoms with Crippen LogP contribution in [0.2, 0.25) is 0 Å². The van der Waals surface area contributed by atoms with Crippen LogP contribution in [0.15, 0.2) is 18.3 Å². The Morgan fingerprint density at radius 1 is 1.27 bits per heavy atom. The molecule has 0 radical (unpaired) electrons. The van der Waals surface area contributed by atoms with Crippen LogP contribution < -0.4 is 4.90 Å². The lowest BCUT2D eigenvalue weighted by Crippen LogP contribution is -2.43. The zero-order chi connectivity index (χ0) is 18.5. The molecule has 2 saturated heterocycles. The van der Waals surface area contributed by atoms with Crippen LogP contribution in [-0.4, -0.2) is 91.9 Å². The number of likely N-dealkylation sites (N-methyl/N-ethyl adjacent to an activating group) is 1. The Bertz CT molecular complexity index is 587. The standard InChI is InChI=1S/C19H30N4O3/c1-21(2)17-5-3-15(14-24)12-23(13-17)19(25)16-4-6-18(20-11-16)22-7-9-26-10-8-22/h4,6,11,15,17,24H,3,5,7-10,12-14H2,1-2H3/t15-,17+/m0/s1. The van der Waals surface area contributed by atoms with E-state index in [0.717, 1.165) is 31.7 Å². The Morgan fingerprint density at radius 3 is 2.65 bits per heavy atom. The number of carbonyl (C=O) groups excluding carboxylic acids is 1. The summed E-state index contributed by atoms with van der Waals surface area (Å²) in [5.74, 6) is 1.03. The predicted octanol–water partition coefficient (Wildman–Crippen LogP) is 0.693. The molecule has 3 heterocycles. The van der Waals surface area contributed by atoms with Crippen LogP contribution in [-0.2, 0) is 4.74 Å². The van der Waals surface area contributed by atoms with E-state index < -0.39 is 0 Å². The van der Waals surface area contributed by atoms with E-state index in [4.69, 9.17) is 4.74 Å². The minimum Gasteiger partial charge on any atom is -0.396 e. The van der Waals surface area contributed by atoms with E-state index in [0.29, 0.717) is 37.9 Å². The number of pyridine rings is 1. The number of anilines is 1. The highest BCUT2D eigenvalue weighted by atomic mass is 16.5. The van der Waals surface area contributed by atoms with Gasteiger partial charge < -0.3 is 24.5 Å². The fourth-order valence-corrected chi connectivity index (χ4v) is 3.66. The minimum absolute atomic E-state index is 0.00164. The molecule has 0 aromatic carbocycles. The number of likely N-dealkylation sites (tertiary alicyclic amines) is 1. The molecule has 0 unspecified atom stereocenters. The van der Waals surface area contributed by atoms with Crippen molar-refractivity contribution in [2.45, 2.75) is 18.9 Å². The van der Waals surface area contributed by atoms with E-state index in [1.807, 2.05) is 31.1 Å². The summed E-state index contributed by atoms with van der Waals surface area (Å²) >= 11 is 0. The van der Waals surface area contributed by atoms with Gasteiger partial charge in [0, 0.05) is 45.0 Å². The van der Waals surface area contributed by atoms with Crippen molar-refractivity contribution in [3.8, 4) is 0 Å². The lowest BCUT2D eigenvalue weighted by Gasteiger charge is -2.29. The molecule has 2 aliphatic heterocycles. The van der Waals surface area contributed by atoms with Crippen LogP contribution >= 0.6 is 0 Å². The Kier molecular flexibility index (Phi) is 6.45. The quantitative estimate of drug-likeness (QED) is 0.850. The monoisotopic (exact) mass is 362 g/mol. The van der Waals surface area contributed by atoms with Crippen molar-refractivity contribution in [1.29, 1.82) is 0 Å². The van der Waals surface area contributed by atoms with Gasteiger partial charge >= 0.3 is 0 Å². The van der Waals surface area contributed by atoms with Crippen molar-refractivity contribution in [3.63, 3.8) is 0 Å². The van der Waals surface area contributed by atoms with Gasteiger partial charge in [-0.3, -0.25) is 4.79 Å². The van der Waals surface area contributed by atoms with Gasteiger partial charge in [-0.05, 0) is 45.0 Å². The van der Waals surface area contributed by atoms with E-state index in [1.165, 1.54) is 0 Å². The van der Waals surface area contributed by atoms with Crippen molar-refractivity contribution in [1.82, 2.24) is 14.8 Å². The van der Waals surface area contributed by atoms with E-state index in [-0.39, 0.29) is 18.4 Å². The molecular formula is C19H30N4O3. The highest BCUT2D eigenvalue weighted by Gasteiger charge is 2.28. The first-order valence-electron chi connectivity index (χ1n) is 9.43. The number of aromatic nitrogens is 1. The summed E-state index contributed by atoms with van der Waals surface area (Å²) < 4.78 is 5.37. The summed E-state index contributed by atoms with van der Waals surface area (Å²) in [4.78, 5) is 23.7. The summed E-state index contributed by atoms with van der Waals surface area (Å²) in [7, 11) is 4.09. The van der Waals surface area contributed by atoms with E-state index in [9.17, 15) is 9.90 Å². The Balaban J connectivity index is 1.71. The number of ether oxygens (including phenoxy) is 1. The largest absolute Gasteiger partial charge is 0.396 e. The maximum Gasteiger partial charge on any atom is 0.255 e. The molecule has 1 amide bonds. The van der Waals surface area contributed by atoms with Gasteiger partial charge in [-0.1, -0.05) is 0 Å². The van der Waals surface area contributed by atoms with Gasteiger partial charge in [0.1, 0.15) is 5.82 Å². The highest BCUT2D eigenvalue weighted by molar-refractivity contribution is 5.94. The Morgan fingerprint density at radius 2 is 2.04 bits per heavy atom. The van der Waals surface area contributed by atoms with E-state index in [2.05, 4.69) is 14.8 Å². The van der Waals surface area contributed by atoms with Crippen molar-refractivity contribution in [2.75, 3.05) is 65.0 Å². The van der Waals surface area contributed by atoms with Crippen LogP contribution in [0.4, 0.5) is 5.82 Å². The van der Waals surface area contributed by atoms with Crippen molar-refractivity contribution >= 4 is 11.7 Å². The summed E-state index contributed by atoms with van der Waals surface area (Å²) in [5, 5.41) is 9.61. The maximum absolute atomic E-state index is 13.0. The topological polar surface area (TPSA) is 69.1 Å². The number of hydrogen-bond acceptors (Lipinski definition) is 6. The molecule has 0 bridgehead atoms. The zero-order valence-corrected chi connectivity index (χ0v) is 15.8. The number of aliphatic hydroxyl groups excluding tert-OH is 1. The zero-order valence-electron chi connectivity index (χ0n) is 15.8. The van der Waals surface area contributed by atoms with Crippen LogP contribution in [0.1, 0.15) is 23.2 Å². The predicted molar refractivity (Wildman–Crippen MR) is 100 cm³/mol. The molecule has 1 aromatic heterocycles. The molecule has 0 saturated carbocycles. The number of morpholine rings is 1. The molecule has 1 aromatic rings. The normalized spacial score (nSPS) is 24.6. The van der Waals surface area contributed by atoms with Gasteiger partial charge in [0.05, 0.1) is 18.8 Å². The second-order valence-electron chi connectivity index (χ2n) is 7.46. The molecule has 3 rings (SSSR count). The third-order valence-electron chi connectivity index (χ3n) is 5.42. The smallest absolute Gasteiger partial charge is 0.255 e. The first kappa shape index (κ1) is 19.1. The SMILES string of the molecule is CN(C)[C@@H]1CC[C@H](CO)CN(C(=O)c2ccc(N3CCOCC3)nc2)C1. The molecule has 0 spiro atoms. The maximum atomic E-state index is 13.0. The summed E-state index contributed by atoms with van der Waals surface area (Å²) in [5.41, 5.74) is 0.609. The molecule has 2 atom stereocenters. The van der Waals surface area contributed by atoms with Gasteiger partial charge in [-0.25, -0.2) is 4.98 Å². The molecule has 144 valence electrons. The molecule has 0 aliphatic carbocycles. The van der Waals surface area contributed by atoms with Crippen LogP contribution in [0.25, 0.3) is 0 Å². The van der Waals surface area contributed by atoms with Gasteiger partial charge in [0.2, 0.25) is 0 Å². The summed E-state index contributed by atoms with van der Waals surface area (Å²) in [6.45, 7) is 4.50. The van der Waals surface area contributed by atoms with Crippen molar-refractivity contribution in [3.05, 3.63) is 23.9 Å². The second kappa shape index (κ2) is 8.79. The van der Waals surface area contributed by atoms with E-state index >= 15 is 0 Å². The lowest BCUT2D eigenvalue weighted by molar-refractivity contribution is 0.0688. The fraction of sp³-hybridized carbons (Fsp3) is 0.684. The molecule has 2 aliphatic rings. The molecule has 1 N–H and O–H groups in total. The number of hydrogen-bond donors (Lipinski definition) is 1. The summed E-state index contributed by atoms with van der Waals surface area (Å²) in [6, 6.07) is 4.10. The van der Waals surface area contributed by atoms with Gasteiger partial charge in [-0.2, -0.15) is 0 Å². The van der Waals surface area contributed by atoms with Crippen LogP contribution in [0.5, 0.6) is 0 Å². The summed E-state index contributed by atoms with van der Waals surface area (Å²) in [6.07, 6.45) is 3.62. The second-order valence-corrected chi connectivity index (χ2v) is 7.46. The van der Waals surface area contributed by atoms with Gasteiger partial charge in [0.25, 0.3) is 5.91 Å². The van der Waals surface area contributed by atoms with Gasteiger partial charge in [0.15, 0.2) is 0 Å². The van der Waals surface area contributed by atoms with Crippen molar-refractivity contribution < 1.29 is 14.6 Å². The molecule has 7 heteroatoms. The van der Waals surface area contributed by atoms with Crippen LogP contribution in [0.3, 0.4) is 0 Å². The number of rotatable bonds is 4.